The number of nitrogens with zero attached hydrogens (tertiary/aromatic N) is 2. The van der Waals surface area contributed by atoms with Gasteiger partial charge in [-0.1, -0.05) is 19.3 Å². The molecule has 2 heterocycles. The van der Waals surface area contributed by atoms with Crippen molar-refractivity contribution in [3.63, 3.8) is 0 Å². The van der Waals surface area contributed by atoms with Crippen LogP contribution < -0.4 is 16.0 Å². The summed E-state index contributed by atoms with van der Waals surface area (Å²) in [5.41, 5.74) is 6.81. The van der Waals surface area contributed by atoms with E-state index in [1.165, 1.54) is 30.6 Å². The molecule has 0 atom stereocenters. The minimum Gasteiger partial charge on any atom is -0.396 e. The van der Waals surface area contributed by atoms with Crippen LogP contribution in [0.4, 0.5) is 10.7 Å². The lowest BCUT2D eigenvalue weighted by atomic mass is 10.1. The Hall–Kier alpha value is -1.74. The number of hydrogen-bond acceptors (Lipinski definition) is 5. The number of nitriles is 1. The van der Waals surface area contributed by atoms with Gasteiger partial charge in [0.05, 0.1) is 5.69 Å². The van der Waals surface area contributed by atoms with E-state index in [1.807, 2.05) is 6.92 Å². The third-order valence-electron chi connectivity index (χ3n) is 3.73. The first-order valence-corrected chi connectivity index (χ1v) is 8.36. The van der Waals surface area contributed by atoms with Crippen LogP contribution in [0.5, 0.6) is 0 Å². The zero-order valence-corrected chi connectivity index (χ0v) is 13.3. The number of anilines is 2. The van der Waals surface area contributed by atoms with Gasteiger partial charge < -0.3 is 16.0 Å². The topological polar surface area (TPSA) is 82.2 Å². The second kappa shape index (κ2) is 7.32. The summed E-state index contributed by atoms with van der Waals surface area (Å²) >= 11 is 1.35. The van der Waals surface area contributed by atoms with Crippen molar-refractivity contribution in [2.24, 2.45) is 0 Å². The first kappa shape index (κ1) is 15.6. The minimum absolute atomic E-state index is 0.185. The molecular formula is C15H22N4OS. The lowest BCUT2D eigenvalue weighted by molar-refractivity contribution is 0.0960. The predicted molar refractivity (Wildman–Crippen MR) is 86.8 cm³/mol. The first-order valence-electron chi connectivity index (χ1n) is 7.54. The highest BCUT2D eigenvalue weighted by molar-refractivity contribution is 7.19. The molecule has 21 heavy (non-hydrogen) atoms. The van der Waals surface area contributed by atoms with Crippen molar-refractivity contribution in [1.29, 1.82) is 5.26 Å². The monoisotopic (exact) mass is 306 g/mol. The van der Waals surface area contributed by atoms with Crippen LogP contribution in [0.15, 0.2) is 0 Å². The summed E-state index contributed by atoms with van der Waals surface area (Å²) in [6.07, 6.45) is 5.98. The van der Waals surface area contributed by atoms with Gasteiger partial charge in [0.1, 0.15) is 21.5 Å². The Morgan fingerprint density at radius 1 is 1.33 bits per heavy atom. The average molecular weight is 306 g/mol. The number of hydrogen-bond donors (Lipinski definition) is 2. The summed E-state index contributed by atoms with van der Waals surface area (Å²) in [5, 5.41) is 13.0. The van der Waals surface area contributed by atoms with Crippen molar-refractivity contribution >= 4 is 27.9 Å². The van der Waals surface area contributed by atoms with Gasteiger partial charge in [0.2, 0.25) is 0 Å². The average Bonchev–Trinajstić information content (AvgIpc) is 2.75. The Morgan fingerprint density at radius 3 is 2.52 bits per heavy atom. The quantitative estimate of drug-likeness (QED) is 0.899. The molecule has 114 valence electrons. The summed E-state index contributed by atoms with van der Waals surface area (Å²) in [6, 6.07) is 2.18. The van der Waals surface area contributed by atoms with E-state index in [4.69, 9.17) is 5.73 Å². The molecule has 1 aliphatic heterocycles. The molecule has 5 nitrogen and oxygen atoms in total. The molecule has 0 saturated carbocycles. The van der Waals surface area contributed by atoms with Crippen LogP contribution in [0.3, 0.4) is 0 Å². The lowest BCUT2D eigenvalue weighted by Gasteiger charge is -2.25. The van der Waals surface area contributed by atoms with Crippen LogP contribution in [-0.4, -0.2) is 25.5 Å². The molecule has 3 N–H and O–H groups in total. The Bertz CT molecular complexity index is 539. The van der Waals surface area contributed by atoms with Gasteiger partial charge >= 0.3 is 0 Å². The smallest absolute Gasteiger partial charge is 0.263 e. The zero-order chi connectivity index (χ0) is 15.2. The van der Waals surface area contributed by atoms with Gasteiger partial charge in [-0.2, -0.15) is 5.26 Å². The Balaban J connectivity index is 2.31. The van der Waals surface area contributed by atoms with Gasteiger partial charge in [0, 0.05) is 19.6 Å². The van der Waals surface area contributed by atoms with E-state index in [1.54, 1.807) is 0 Å². The maximum absolute atomic E-state index is 12.0. The summed E-state index contributed by atoms with van der Waals surface area (Å²) < 4.78 is 0. The van der Waals surface area contributed by atoms with Crippen molar-refractivity contribution in [3.8, 4) is 6.07 Å². The van der Waals surface area contributed by atoms with E-state index in [0.29, 0.717) is 22.7 Å². The van der Waals surface area contributed by atoms with Crippen molar-refractivity contribution < 1.29 is 4.79 Å². The van der Waals surface area contributed by atoms with E-state index in [-0.39, 0.29) is 5.91 Å². The number of nitrogen functional groups attached to an aromatic ring is 1. The molecule has 0 aliphatic carbocycles. The van der Waals surface area contributed by atoms with Crippen molar-refractivity contribution in [3.05, 3.63) is 10.4 Å². The van der Waals surface area contributed by atoms with Crippen molar-refractivity contribution in [2.45, 2.75) is 39.0 Å². The fourth-order valence-electron chi connectivity index (χ4n) is 2.62. The summed E-state index contributed by atoms with van der Waals surface area (Å²) in [4.78, 5) is 14.7. The molecule has 1 aromatic heterocycles. The molecule has 0 unspecified atom stereocenters. The number of carbonyl (C=O) groups is 1. The lowest BCUT2D eigenvalue weighted by Crippen LogP contribution is -2.26. The van der Waals surface area contributed by atoms with Gasteiger partial charge in [0.25, 0.3) is 5.91 Å². The number of nitrogens with two attached hydrogens (primary N) is 1. The SMILES string of the molecule is CCNC(=O)c1sc(N2CCCCCCC2)c(C#N)c1N. The number of thiophene rings is 1. The number of nitrogens with one attached hydrogen (secondary N) is 1. The zero-order valence-electron chi connectivity index (χ0n) is 12.4. The van der Waals surface area contributed by atoms with Gasteiger partial charge in [-0.3, -0.25) is 4.79 Å². The molecule has 0 bridgehead atoms. The van der Waals surface area contributed by atoms with Crippen LogP contribution >= 0.6 is 11.3 Å². The van der Waals surface area contributed by atoms with E-state index in [0.717, 1.165) is 30.9 Å². The molecule has 0 aromatic carbocycles. The number of amides is 1. The molecule has 2 rings (SSSR count). The van der Waals surface area contributed by atoms with Crippen LogP contribution in [-0.2, 0) is 0 Å². The van der Waals surface area contributed by atoms with Gasteiger partial charge in [-0.25, -0.2) is 0 Å². The maximum Gasteiger partial charge on any atom is 0.263 e. The third-order valence-corrected chi connectivity index (χ3v) is 4.99. The van der Waals surface area contributed by atoms with Gasteiger partial charge in [-0.15, -0.1) is 11.3 Å². The highest BCUT2D eigenvalue weighted by Gasteiger charge is 2.24. The Labute approximate surface area is 129 Å². The maximum atomic E-state index is 12.0. The normalized spacial score (nSPS) is 15.9. The molecule has 0 radical (unpaired) electrons. The second-order valence-electron chi connectivity index (χ2n) is 5.25. The molecule has 1 amide bonds. The molecule has 1 fully saturated rings. The number of rotatable bonds is 3. The van der Waals surface area contributed by atoms with Crippen LogP contribution in [0.2, 0.25) is 0 Å². The molecule has 1 saturated heterocycles. The Kier molecular flexibility index (Phi) is 5.45. The third kappa shape index (κ3) is 3.48. The number of carbonyl (C=O) groups excluding carboxylic acids is 1. The molecule has 1 aromatic rings. The summed E-state index contributed by atoms with van der Waals surface area (Å²) in [7, 11) is 0. The van der Waals surface area contributed by atoms with E-state index >= 15 is 0 Å². The molecular weight excluding hydrogens is 284 g/mol. The Morgan fingerprint density at radius 2 is 1.95 bits per heavy atom. The molecule has 1 aliphatic rings. The van der Waals surface area contributed by atoms with E-state index in [2.05, 4.69) is 16.3 Å². The fourth-order valence-corrected chi connectivity index (χ4v) is 3.76. The van der Waals surface area contributed by atoms with Gasteiger partial charge in [0.15, 0.2) is 0 Å². The molecule has 6 heteroatoms. The fraction of sp³-hybridized carbons (Fsp3) is 0.600. The van der Waals surface area contributed by atoms with E-state index < -0.39 is 0 Å². The second-order valence-corrected chi connectivity index (χ2v) is 6.25. The standard InChI is InChI=1S/C15H22N4OS/c1-2-18-14(20)13-12(17)11(10-16)15(21-13)19-8-6-4-3-5-7-9-19/h2-9,17H2,1H3,(H,18,20). The highest BCUT2D eigenvalue weighted by Crippen LogP contribution is 2.38. The largest absolute Gasteiger partial charge is 0.396 e. The highest BCUT2D eigenvalue weighted by atomic mass is 32.1. The molecule has 0 spiro atoms. The van der Waals surface area contributed by atoms with Crippen molar-refractivity contribution in [2.75, 3.05) is 30.3 Å². The predicted octanol–water partition coefficient (Wildman–Crippen LogP) is 2.72. The van der Waals surface area contributed by atoms with Crippen LogP contribution in [0.25, 0.3) is 0 Å². The van der Waals surface area contributed by atoms with Crippen LogP contribution in [0.1, 0.15) is 54.3 Å². The minimum atomic E-state index is -0.185. The first-order chi connectivity index (χ1) is 10.2. The summed E-state index contributed by atoms with van der Waals surface area (Å²) in [6.45, 7) is 4.29. The summed E-state index contributed by atoms with van der Waals surface area (Å²) in [5.74, 6) is -0.185. The van der Waals surface area contributed by atoms with Crippen LogP contribution in [0, 0.1) is 11.3 Å². The van der Waals surface area contributed by atoms with Gasteiger partial charge in [-0.05, 0) is 19.8 Å². The van der Waals surface area contributed by atoms with Crippen molar-refractivity contribution in [1.82, 2.24) is 5.32 Å². The van der Waals surface area contributed by atoms with E-state index in [9.17, 15) is 10.1 Å².